The van der Waals surface area contributed by atoms with E-state index in [9.17, 15) is 19.1 Å². The van der Waals surface area contributed by atoms with Crippen LogP contribution in [0.1, 0.15) is 16.8 Å². The lowest BCUT2D eigenvalue weighted by molar-refractivity contribution is -0.141. The third-order valence-electron chi connectivity index (χ3n) is 2.80. The fraction of sp³-hybridized carbons (Fsp3) is 0.364. The Morgan fingerprint density at radius 2 is 2.22 bits per heavy atom. The lowest BCUT2D eigenvalue weighted by atomic mass is 10.2. The van der Waals surface area contributed by atoms with Gasteiger partial charge < -0.3 is 15.1 Å². The van der Waals surface area contributed by atoms with Crippen molar-refractivity contribution in [2.75, 3.05) is 6.54 Å². The number of carbonyl (C=O) groups is 2. The molecule has 1 aliphatic heterocycles. The molecule has 0 spiro atoms. The molecule has 7 heteroatoms. The van der Waals surface area contributed by atoms with Crippen LogP contribution in [0, 0.1) is 5.95 Å². The first-order valence-electron chi connectivity index (χ1n) is 5.32. The predicted molar refractivity (Wildman–Crippen MR) is 57.3 cm³/mol. The first-order valence-corrected chi connectivity index (χ1v) is 5.32. The van der Waals surface area contributed by atoms with Gasteiger partial charge in [0, 0.05) is 30.8 Å². The maximum absolute atomic E-state index is 12.9. The number of carbonyl (C=O) groups excluding carboxylic acids is 1. The van der Waals surface area contributed by atoms with Gasteiger partial charge in [0.2, 0.25) is 5.95 Å². The molecule has 2 N–H and O–H groups in total. The number of aliphatic hydroxyl groups excluding tert-OH is 1. The zero-order valence-corrected chi connectivity index (χ0v) is 9.28. The molecular formula is C11H11FN2O4. The third-order valence-corrected chi connectivity index (χ3v) is 2.80. The summed E-state index contributed by atoms with van der Waals surface area (Å²) in [5, 5.41) is 18.4. The van der Waals surface area contributed by atoms with Gasteiger partial charge in [-0.25, -0.2) is 9.78 Å². The predicted octanol–water partition coefficient (Wildman–Crippen LogP) is -0.119. The van der Waals surface area contributed by atoms with Crippen LogP contribution in [0.4, 0.5) is 4.39 Å². The number of likely N-dealkylation sites (tertiary alicyclic amines) is 1. The summed E-state index contributed by atoms with van der Waals surface area (Å²) in [7, 11) is 0. The molecule has 0 saturated carbocycles. The Hall–Kier alpha value is -2.02. The van der Waals surface area contributed by atoms with Crippen LogP contribution in [0.15, 0.2) is 18.3 Å². The summed E-state index contributed by atoms with van der Waals surface area (Å²) < 4.78 is 12.9. The van der Waals surface area contributed by atoms with Crippen LogP contribution in [0.2, 0.25) is 0 Å². The molecule has 1 aliphatic rings. The number of halogens is 1. The molecular weight excluding hydrogens is 243 g/mol. The standard InChI is InChI=1S/C11H11FN2O4/c12-9-3-6(1-2-13-9)10(16)14-5-7(15)4-8(14)11(17)18/h1-3,7-8,15H,4-5H2,(H,17,18)/t7-,8-/m1/s1. The molecule has 2 atom stereocenters. The van der Waals surface area contributed by atoms with Gasteiger partial charge in [-0.15, -0.1) is 0 Å². The molecule has 0 aromatic carbocycles. The van der Waals surface area contributed by atoms with Gasteiger partial charge in [0.25, 0.3) is 5.91 Å². The SMILES string of the molecule is O=C(O)[C@H]1C[C@@H](O)CN1C(=O)c1ccnc(F)c1. The number of aliphatic carboxylic acids is 1. The lowest BCUT2D eigenvalue weighted by Crippen LogP contribution is -2.40. The van der Waals surface area contributed by atoms with Crippen molar-refractivity contribution in [3.05, 3.63) is 29.8 Å². The first-order chi connectivity index (χ1) is 8.49. The van der Waals surface area contributed by atoms with Crippen molar-refractivity contribution in [3.8, 4) is 0 Å². The first kappa shape index (κ1) is 12.4. The normalized spacial score (nSPS) is 23.1. The van der Waals surface area contributed by atoms with E-state index in [4.69, 9.17) is 5.11 Å². The van der Waals surface area contributed by atoms with E-state index < -0.39 is 30.0 Å². The smallest absolute Gasteiger partial charge is 0.326 e. The number of amides is 1. The second-order valence-corrected chi connectivity index (χ2v) is 4.07. The van der Waals surface area contributed by atoms with Crippen LogP contribution in [-0.2, 0) is 4.79 Å². The van der Waals surface area contributed by atoms with Gasteiger partial charge in [-0.3, -0.25) is 4.79 Å². The minimum Gasteiger partial charge on any atom is -0.480 e. The molecule has 6 nitrogen and oxygen atoms in total. The highest BCUT2D eigenvalue weighted by atomic mass is 19.1. The van der Waals surface area contributed by atoms with Crippen LogP contribution in [0.5, 0.6) is 0 Å². The second kappa shape index (κ2) is 4.69. The van der Waals surface area contributed by atoms with Crippen molar-refractivity contribution in [2.24, 2.45) is 0 Å². The number of nitrogens with zero attached hydrogens (tertiary/aromatic N) is 2. The highest BCUT2D eigenvalue weighted by Crippen LogP contribution is 2.20. The molecule has 1 aromatic rings. The fourth-order valence-electron chi connectivity index (χ4n) is 1.97. The number of rotatable bonds is 2. The summed E-state index contributed by atoms with van der Waals surface area (Å²) in [6, 6.07) is 1.16. The Labute approximate surface area is 102 Å². The number of aromatic nitrogens is 1. The van der Waals surface area contributed by atoms with Crippen molar-refractivity contribution in [1.29, 1.82) is 0 Å². The number of carboxylic acid groups (broad SMARTS) is 1. The van der Waals surface area contributed by atoms with Gasteiger partial charge in [0.05, 0.1) is 6.10 Å². The minimum absolute atomic E-state index is 0.0165. The maximum atomic E-state index is 12.9. The number of pyridine rings is 1. The summed E-state index contributed by atoms with van der Waals surface area (Å²) >= 11 is 0. The van der Waals surface area contributed by atoms with Crippen molar-refractivity contribution in [2.45, 2.75) is 18.6 Å². The summed E-state index contributed by atoms with van der Waals surface area (Å²) in [5.74, 6) is -2.62. The molecule has 1 saturated heterocycles. The molecule has 2 heterocycles. The van der Waals surface area contributed by atoms with Crippen molar-refractivity contribution < 1.29 is 24.2 Å². The van der Waals surface area contributed by atoms with Gasteiger partial charge in [0.15, 0.2) is 0 Å². The highest BCUT2D eigenvalue weighted by Gasteiger charge is 2.39. The molecule has 0 unspecified atom stereocenters. The van der Waals surface area contributed by atoms with Crippen LogP contribution in [-0.4, -0.2) is 50.7 Å². The van der Waals surface area contributed by atoms with E-state index in [0.717, 1.165) is 17.2 Å². The lowest BCUT2D eigenvalue weighted by Gasteiger charge is -2.20. The van der Waals surface area contributed by atoms with Crippen LogP contribution < -0.4 is 0 Å². The number of carboxylic acids is 1. The van der Waals surface area contributed by atoms with Crippen molar-refractivity contribution >= 4 is 11.9 Å². The highest BCUT2D eigenvalue weighted by molar-refractivity contribution is 5.96. The Kier molecular flexibility index (Phi) is 3.24. The molecule has 1 amide bonds. The fourth-order valence-corrected chi connectivity index (χ4v) is 1.97. The van der Waals surface area contributed by atoms with Gasteiger partial charge in [-0.1, -0.05) is 0 Å². The molecule has 0 bridgehead atoms. The van der Waals surface area contributed by atoms with Gasteiger partial charge in [0.1, 0.15) is 6.04 Å². The number of hydrogen-bond donors (Lipinski definition) is 2. The zero-order valence-electron chi connectivity index (χ0n) is 9.28. The zero-order chi connectivity index (χ0) is 13.3. The summed E-state index contributed by atoms with van der Waals surface area (Å²) in [6.45, 7) is -0.0697. The van der Waals surface area contributed by atoms with E-state index in [2.05, 4.69) is 4.98 Å². The number of hydrogen-bond acceptors (Lipinski definition) is 4. The summed E-state index contributed by atoms with van der Waals surface area (Å²) in [5.41, 5.74) is 0.0165. The number of aliphatic hydroxyl groups is 1. The Morgan fingerprint density at radius 1 is 1.50 bits per heavy atom. The average molecular weight is 254 g/mol. The van der Waals surface area contributed by atoms with Crippen molar-refractivity contribution in [1.82, 2.24) is 9.88 Å². The quantitative estimate of drug-likeness (QED) is 0.718. The third kappa shape index (κ3) is 2.30. The summed E-state index contributed by atoms with van der Waals surface area (Å²) in [4.78, 5) is 27.3. The van der Waals surface area contributed by atoms with Gasteiger partial charge in [-0.2, -0.15) is 4.39 Å². The topological polar surface area (TPSA) is 90.7 Å². The average Bonchev–Trinajstić information content (AvgIpc) is 2.70. The van der Waals surface area contributed by atoms with E-state index in [1.807, 2.05) is 0 Å². The van der Waals surface area contributed by atoms with E-state index in [1.165, 1.54) is 6.07 Å². The Balaban J connectivity index is 2.25. The van der Waals surface area contributed by atoms with E-state index in [-0.39, 0.29) is 18.5 Å². The molecule has 18 heavy (non-hydrogen) atoms. The monoisotopic (exact) mass is 254 g/mol. The van der Waals surface area contributed by atoms with Crippen molar-refractivity contribution in [3.63, 3.8) is 0 Å². The van der Waals surface area contributed by atoms with Crippen LogP contribution in [0.25, 0.3) is 0 Å². The molecule has 96 valence electrons. The summed E-state index contributed by atoms with van der Waals surface area (Å²) in [6.07, 6.45) is 0.237. The van der Waals surface area contributed by atoms with Gasteiger partial charge >= 0.3 is 5.97 Å². The van der Waals surface area contributed by atoms with E-state index in [1.54, 1.807) is 0 Å². The largest absolute Gasteiger partial charge is 0.480 e. The Bertz CT molecular complexity index is 494. The molecule has 0 aliphatic carbocycles. The second-order valence-electron chi connectivity index (χ2n) is 4.07. The number of β-amino-alcohol motifs (C(OH)–C–C–N with tert-alkyl or cyclic N) is 1. The van der Waals surface area contributed by atoms with Gasteiger partial charge in [-0.05, 0) is 6.07 Å². The molecule has 1 fully saturated rings. The minimum atomic E-state index is -1.19. The van der Waals surface area contributed by atoms with Crippen LogP contribution in [0.3, 0.4) is 0 Å². The molecule has 0 radical (unpaired) electrons. The van der Waals surface area contributed by atoms with E-state index in [0.29, 0.717) is 0 Å². The molecule has 1 aromatic heterocycles. The van der Waals surface area contributed by atoms with E-state index >= 15 is 0 Å². The Morgan fingerprint density at radius 3 is 2.83 bits per heavy atom. The molecule has 2 rings (SSSR count). The van der Waals surface area contributed by atoms with Crippen LogP contribution >= 0.6 is 0 Å². The maximum Gasteiger partial charge on any atom is 0.326 e.